The molecule has 1 atom stereocenters. The predicted octanol–water partition coefficient (Wildman–Crippen LogP) is 2.59. The van der Waals surface area contributed by atoms with Crippen LogP contribution in [0.25, 0.3) is 11.3 Å². The van der Waals surface area contributed by atoms with Crippen molar-refractivity contribution in [1.29, 1.82) is 0 Å². The molecule has 11 heteroatoms. The van der Waals surface area contributed by atoms with Gasteiger partial charge in [0, 0.05) is 49.3 Å². The molecular weight excluding hydrogens is 496 g/mol. The highest BCUT2D eigenvalue weighted by Crippen LogP contribution is 2.31. The van der Waals surface area contributed by atoms with Crippen molar-refractivity contribution < 1.29 is 19.4 Å². The Morgan fingerprint density at radius 2 is 2.00 bits per heavy atom. The van der Waals surface area contributed by atoms with Crippen molar-refractivity contribution in [3.05, 3.63) is 70.6 Å². The average Bonchev–Trinajstić information content (AvgIpc) is 3.23. The largest absolute Gasteiger partial charge is 0.394 e. The Kier molecular flexibility index (Phi) is 7.59. The molecule has 2 aromatic heterocycles. The van der Waals surface area contributed by atoms with Gasteiger partial charge in [0.2, 0.25) is 11.9 Å². The number of aromatic nitrogens is 3. The SMILES string of the molecule is O=C(CN1Cc2ccc(-c3nc(NC4CCOCC4)ncc3Cl)cc2C1=O)NC(CO)c1ccncc1. The van der Waals surface area contributed by atoms with Gasteiger partial charge in [0.25, 0.3) is 5.91 Å². The number of benzene rings is 1. The van der Waals surface area contributed by atoms with E-state index in [1.807, 2.05) is 12.1 Å². The second kappa shape index (κ2) is 11.2. The summed E-state index contributed by atoms with van der Waals surface area (Å²) in [6.07, 6.45) is 6.49. The monoisotopic (exact) mass is 522 g/mol. The van der Waals surface area contributed by atoms with Crippen LogP contribution in [0.2, 0.25) is 5.02 Å². The molecule has 2 aliphatic rings. The predicted molar refractivity (Wildman–Crippen MR) is 137 cm³/mol. The van der Waals surface area contributed by atoms with Gasteiger partial charge in [-0.1, -0.05) is 23.7 Å². The summed E-state index contributed by atoms with van der Waals surface area (Å²) in [7, 11) is 0. The van der Waals surface area contributed by atoms with Gasteiger partial charge in [0.15, 0.2) is 0 Å². The van der Waals surface area contributed by atoms with Crippen LogP contribution in [0.1, 0.15) is 40.4 Å². The van der Waals surface area contributed by atoms with E-state index in [2.05, 4.69) is 25.6 Å². The molecule has 0 spiro atoms. The van der Waals surface area contributed by atoms with Crippen LogP contribution >= 0.6 is 11.6 Å². The van der Waals surface area contributed by atoms with Crippen molar-refractivity contribution in [2.45, 2.75) is 31.5 Å². The average molecular weight is 523 g/mol. The number of nitrogens with zero attached hydrogens (tertiary/aromatic N) is 4. The number of pyridine rings is 1. The highest BCUT2D eigenvalue weighted by Gasteiger charge is 2.30. The molecule has 0 radical (unpaired) electrons. The number of carbonyl (C=O) groups excluding carboxylic acids is 2. The number of aliphatic hydroxyl groups excluding tert-OH is 1. The summed E-state index contributed by atoms with van der Waals surface area (Å²) in [5, 5.41) is 16.2. The second-order valence-electron chi connectivity index (χ2n) is 9.04. The molecule has 2 aliphatic heterocycles. The number of hydrogen-bond donors (Lipinski definition) is 3. The second-order valence-corrected chi connectivity index (χ2v) is 9.44. The van der Waals surface area contributed by atoms with Crippen molar-refractivity contribution in [3.63, 3.8) is 0 Å². The Hall–Kier alpha value is -3.60. The number of hydrogen-bond acceptors (Lipinski definition) is 8. The van der Waals surface area contributed by atoms with Crippen LogP contribution in [0, 0.1) is 0 Å². The Bertz CT molecular complexity index is 1290. The molecule has 0 bridgehead atoms. The minimum absolute atomic E-state index is 0.127. The summed E-state index contributed by atoms with van der Waals surface area (Å²) in [6.45, 7) is 1.32. The zero-order chi connectivity index (χ0) is 25.8. The van der Waals surface area contributed by atoms with Gasteiger partial charge >= 0.3 is 0 Å². The summed E-state index contributed by atoms with van der Waals surface area (Å²) in [6, 6.07) is 8.59. The molecule has 4 heterocycles. The molecule has 1 unspecified atom stereocenters. The van der Waals surface area contributed by atoms with Crippen molar-refractivity contribution in [3.8, 4) is 11.3 Å². The molecule has 192 valence electrons. The molecule has 0 aliphatic carbocycles. The Labute approximate surface area is 219 Å². The standard InChI is InChI=1S/C26H27ClN6O4/c27-21-12-29-26(30-19-5-9-37-10-6-19)32-24(21)17-1-2-18-13-33(25(36)20(18)11-17)14-23(35)31-22(15-34)16-3-7-28-8-4-16/h1-4,7-8,11-12,19,22,34H,5-6,9-10,13-15H2,(H,31,35)(H,29,30,32). The highest BCUT2D eigenvalue weighted by atomic mass is 35.5. The first kappa shape index (κ1) is 25.1. The van der Waals surface area contributed by atoms with Gasteiger partial charge in [0.05, 0.1) is 29.6 Å². The van der Waals surface area contributed by atoms with Gasteiger partial charge in [-0.3, -0.25) is 14.6 Å². The summed E-state index contributed by atoms with van der Waals surface area (Å²) in [4.78, 5) is 40.2. The lowest BCUT2D eigenvalue weighted by atomic mass is 10.0. The van der Waals surface area contributed by atoms with E-state index in [0.29, 0.717) is 47.6 Å². The van der Waals surface area contributed by atoms with Crippen molar-refractivity contribution in [2.24, 2.45) is 0 Å². The van der Waals surface area contributed by atoms with Crippen LogP contribution in [0.5, 0.6) is 0 Å². The maximum absolute atomic E-state index is 13.2. The minimum Gasteiger partial charge on any atom is -0.394 e. The van der Waals surface area contributed by atoms with E-state index in [4.69, 9.17) is 16.3 Å². The Balaban J connectivity index is 1.28. The Morgan fingerprint density at radius 1 is 1.22 bits per heavy atom. The number of aliphatic hydroxyl groups is 1. The van der Waals surface area contributed by atoms with Gasteiger partial charge in [0.1, 0.15) is 6.54 Å². The fourth-order valence-electron chi connectivity index (χ4n) is 4.54. The molecular formula is C26H27ClN6O4. The lowest BCUT2D eigenvalue weighted by Crippen LogP contribution is -2.40. The number of ether oxygens (including phenoxy) is 1. The van der Waals surface area contributed by atoms with Gasteiger partial charge in [-0.2, -0.15) is 0 Å². The molecule has 1 fully saturated rings. The van der Waals surface area contributed by atoms with Crippen LogP contribution in [0.4, 0.5) is 5.95 Å². The third-order valence-corrected chi connectivity index (χ3v) is 6.80. The number of carbonyl (C=O) groups is 2. The van der Waals surface area contributed by atoms with Crippen LogP contribution in [-0.2, 0) is 16.1 Å². The molecule has 1 aromatic carbocycles. The van der Waals surface area contributed by atoms with E-state index in [-0.39, 0.29) is 31.0 Å². The summed E-state index contributed by atoms with van der Waals surface area (Å²) < 4.78 is 5.40. The highest BCUT2D eigenvalue weighted by molar-refractivity contribution is 6.33. The van der Waals surface area contributed by atoms with Gasteiger partial charge in [-0.05, 0) is 42.2 Å². The minimum atomic E-state index is -0.578. The third-order valence-electron chi connectivity index (χ3n) is 6.52. The number of anilines is 1. The van der Waals surface area contributed by atoms with E-state index in [9.17, 15) is 14.7 Å². The summed E-state index contributed by atoms with van der Waals surface area (Å²) >= 11 is 6.43. The van der Waals surface area contributed by atoms with Crippen LogP contribution in [-0.4, -0.2) is 69.2 Å². The lowest BCUT2D eigenvalue weighted by Gasteiger charge is -2.23. The summed E-state index contributed by atoms with van der Waals surface area (Å²) in [5.41, 5.74) is 3.28. The zero-order valence-corrected chi connectivity index (χ0v) is 20.8. The van der Waals surface area contributed by atoms with E-state index in [1.54, 1.807) is 36.8 Å². The van der Waals surface area contributed by atoms with Crippen LogP contribution in [0.3, 0.4) is 0 Å². The van der Waals surface area contributed by atoms with E-state index in [1.165, 1.54) is 4.90 Å². The number of nitrogens with one attached hydrogen (secondary N) is 2. The molecule has 3 N–H and O–H groups in total. The Morgan fingerprint density at radius 3 is 2.76 bits per heavy atom. The zero-order valence-electron chi connectivity index (χ0n) is 20.1. The normalized spacial score (nSPS) is 16.4. The van der Waals surface area contributed by atoms with Gasteiger partial charge < -0.3 is 25.4 Å². The van der Waals surface area contributed by atoms with E-state index < -0.39 is 6.04 Å². The first-order valence-corrected chi connectivity index (χ1v) is 12.5. The summed E-state index contributed by atoms with van der Waals surface area (Å²) in [5.74, 6) is -0.133. The molecule has 3 aromatic rings. The van der Waals surface area contributed by atoms with Crippen LogP contribution < -0.4 is 10.6 Å². The first-order valence-electron chi connectivity index (χ1n) is 12.1. The van der Waals surface area contributed by atoms with Crippen LogP contribution in [0.15, 0.2) is 48.9 Å². The molecule has 1 saturated heterocycles. The smallest absolute Gasteiger partial charge is 0.254 e. The van der Waals surface area contributed by atoms with E-state index in [0.717, 1.165) is 24.0 Å². The number of amides is 2. The molecule has 37 heavy (non-hydrogen) atoms. The fourth-order valence-corrected chi connectivity index (χ4v) is 4.74. The topological polar surface area (TPSA) is 130 Å². The maximum Gasteiger partial charge on any atom is 0.254 e. The molecule has 5 rings (SSSR count). The number of rotatable bonds is 8. The molecule has 10 nitrogen and oxygen atoms in total. The number of halogens is 1. The van der Waals surface area contributed by atoms with Crippen molar-refractivity contribution in [1.82, 2.24) is 25.2 Å². The van der Waals surface area contributed by atoms with Crippen molar-refractivity contribution in [2.75, 3.05) is 31.7 Å². The van der Waals surface area contributed by atoms with Gasteiger partial charge in [-0.15, -0.1) is 0 Å². The number of fused-ring (bicyclic) bond motifs is 1. The first-order chi connectivity index (χ1) is 18.0. The maximum atomic E-state index is 13.2. The quantitative estimate of drug-likeness (QED) is 0.411. The van der Waals surface area contributed by atoms with Gasteiger partial charge in [-0.25, -0.2) is 9.97 Å². The third kappa shape index (κ3) is 5.71. The lowest BCUT2D eigenvalue weighted by molar-refractivity contribution is -0.122. The molecule has 0 saturated carbocycles. The fraction of sp³-hybridized carbons (Fsp3) is 0.346. The van der Waals surface area contributed by atoms with E-state index >= 15 is 0 Å². The molecule has 2 amide bonds. The van der Waals surface area contributed by atoms with Crippen molar-refractivity contribution >= 4 is 29.4 Å².